The van der Waals surface area contributed by atoms with Gasteiger partial charge in [-0.25, -0.2) is 15.0 Å². The Bertz CT molecular complexity index is 1210. The van der Waals surface area contributed by atoms with Crippen molar-refractivity contribution in [1.29, 1.82) is 0 Å². The SMILES string of the molecule is CC(C)(C)Nc1ccc(N2CCNCC2)cn1.CC(C)(C)Nc1ccc(N2CCNCC2)cn1.CC(C)(C)Nc1ccc(N2CCNCC2)cn1. The fraction of sp³-hybridized carbons (Fsp3) is 0.615. The third-order valence-corrected chi connectivity index (χ3v) is 8.20. The lowest BCUT2D eigenvalue weighted by Crippen LogP contribution is -2.43. The first-order valence-electron chi connectivity index (χ1n) is 18.7. The molecule has 0 bridgehead atoms. The third-order valence-electron chi connectivity index (χ3n) is 8.20. The fourth-order valence-corrected chi connectivity index (χ4v) is 5.86. The highest BCUT2D eigenvalue weighted by Crippen LogP contribution is 2.20. The van der Waals surface area contributed by atoms with E-state index < -0.39 is 0 Å². The molecule has 3 saturated heterocycles. The first-order chi connectivity index (χ1) is 24.1. The summed E-state index contributed by atoms with van der Waals surface area (Å²) < 4.78 is 0. The molecule has 3 aromatic rings. The molecule has 0 unspecified atom stereocenters. The smallest absolute Gasteiger partial charge is 0.126 e. The number of piperazine rings is 3. The quantitative estimate of drug-likeness (QED) is 0.205. The van der Waals surface area contributed by atoms with Crippen molar-refractivity contribution in [3.05, 3.63) is 55.0 Å². The van der Waals surface area contributed by atoms with Crippen molar-refractivity contribution < 1.29 is 0 Å². The standard InChI is InChI=1S/3C13H22N4/c3*1-13(2,3)16-12-5-4-11(10-15-12)17-8-6-14-7-9-17/h3*4-5,10,14H,6-9H2,1-3H3,(H,15,16). The predicted molar refractivity (Wildman–Crippen MR) is 218 cm³/mol. The van der Waals surface area contributed by atoms with Crippen molar-refractivity contribution in [3.63, 3.8) is 0 Å². The molecule has 0 radical (unpaired) electrons. The zero-order chi connectivity index (χ0) is 36.9. The Hall–Kier alpha value is -3.87. The normalized spacial score (nSPS) is 17.0. The number of anilines is 6. The molecule has 6 N–H and O–H groups in total. The topological polar surface area (TPSA) is 121 Å². The maximum Gasteiger partial charge on any atom is 0.126 e. The summed E-state index contributed by atoms with van der Waals surface area (Å²) in [6, 6.07) is 12.6. The molecule has 0 saturated carbocycles. The number of rotatable bonds is 6. The van der Waals surface area contributed by atoms with Crippen LogP contribution in [0.15, 0.2) is 55.0 Å². The number of pyridine rings is 3. The van der Waals surface area contributed by atoms with E-state index in [0.29, 0.717) is 0 Å². The molecular formula is C39H66N12. The molecule has 0 aliphatic carbocycles. The van der Waals surface area contributed by atoms with Crippen LogP contribution in [0.5, 0.6) is 0 Å². The lowest BCUT2D eigenvalue weighted by Gasteiger charge is -2.29. The summed E-state index contributed by atoms with van der Waals surface area (Å²) in [5, 5.41) is 20.2. The van der Waals surface area contributed by atoms with Crippen LogP contribution in [0.4, 0.5) is 34.5 Å². The summed E-state index contributed by atoms with van der Waals surface area (Å²) in [4.78, 5) is 20.5. The Morgan fingerprint density at radius 3 is 0.824 bits per heavy atom. The second kappa shape index (κ2) is 18.6. The highest BCUT2D eigenvalue weighted by atomic mass is 15.2. The third kappa shape index (κ3) is 15.1. The van der Waals surface area contributed by atoms with Gasteiger partial charge in [-0.05, 0) is 98.7 Å². The summed E-state index contributed by atoms with van der Waals surface area (Å²) in [5.74, 6) is 2.82. The van der Waals surface area contributed by atoms with Gasteiger partial charge in [0.05, 0.1) is 35.7 Å². The van der Waals surface area contributed by atoms with Crippen molar-refractivity contribution in [2.45, 2.75) is 78.9 Å². The Kier molecular flexibility index (Phi) is 14.5. The lowest BCUT2D eigenvalue weighted by molar-refractivity contribution is 0.588. The Morgan fingerprint density at radius 1 is 0.412 bits per heavy atom. The van der Waals surface area contributed by atoms with E-state index >= 15 is 0 Å². The molecule has 12 nitrogen and oxygen atoms in total. The average molecular weight is 703 g/mol. The minimum Gasteiger partial charge on any atom is -0.368 e. The number of nitrogens with one attached hydrogen (secondary N) is 6. The second-order valence-corrected chi connectivity index (χ2v) is 16.5. The molecule has 3 aliphatic rings. The van der Waals surface area contributed by atoms with Gasteiger partial charge < -0.3 is 46.6 Å². The summed E-state index contributed by atoms with van der Waals surface area (Å²) in [6.45, 7) is 32.0. The fourth-order valence-electron chi connectivity index (χ4n) is 5.86. The molecular weight excluding hydrogens is 637 g/mol. The minimum absolute atomic E-state index is 0.0591. The molecule has 51 heavy (non-hydrogen) atoms. The van der Waals surface area contributed by atoms with Crippen LogP contribution < -0.4 is 46.6 Å². The Morgan fingerprint density at radius 2 is 0.647 bits per heavy atom. The van der Waals surface area contributed by atoms with Gasteiger partial charge in [0.15, 0.2) is 0 Å². The van der Waals surface area contributed by atoms with E-state index in [4.69, 9.17) is 0 Å². The van der Waals surface area contributed by atoms with Gasteiger partial charge in [-0.1, -0.05) is 0 Å². The molecule has 0 atom stereocenters. The lowest BCUT2D eigenvalue weighted by atomic mass is 10.1. The van der Waals surface area contributed by atoms with Gasteiger partial charge in [0.25, 0.3) is 0 Å². The molecule has 0 amide bonds. The molecule has 0 aromatic carbocycles. The first kappa shape index (κ1) is 39.9. The van der Waals surface area contributed by atoms with Crippen LogP contribution in [0.1, 0.15) is 62.3 Å². The van der Waals surface area contributed by atoms with Crippen LogP contribution in [-0.2, 0) is 0 Å². The maximum atomic E-state index is 4.47. The molecule has 3 aliphatic heterocycles. The predicted octanol–water partition coefficient (Wildman–Crippen LogP) is 5.10. The number of aromatic nitrogens is 3. The van der Waals surface area contributed by atoms with Gasteiger partial charge in [0.1, 0.15) is 17.5 Å². The van der Waals surface area contributed by atoms with Crippen molar-refractivity contribution in [1.82, 2.24) is 30.9 Å². The van der Waals surface area contributed by atoms with Crippen molar-refractivity contribution in [2.75, 3.05) is 109 Å². The first-order valence-corrected chi connectivity index (χ1v) is 18.7. The molecule has 12 heteroatoms. The summed E-state index contributed by atoms with van der Waals surface area (Å²) >= 11 is 0. The van der Waals surface area contributed by atoms with E-state index in [2.05, 4.69) is 160 Å². The van der Waals surface area contributed by atoms with Gasteiger partial charge in [0.2, 0.25) is 0 Å². The van der Waals surface area contributed by atoms with Crippen LogP contribution in [0.3, 0.4) is 0 Å². The largest absolute Gasteiger partial charge is 0.368 e. The minimum atomic E-state index is 0.0591. The summed E-state index contributed by atoms with van der Waals surface area (Å²) in [6.07, 6.45) is 5.87. The van der Waals surface area contributed by atoms with E-state index in [0.717, 1.165) is 96.0 Å². The van der Waals surface area contributed by atoms with Gasteiger partial charge in [-0.2, -0.15) is 0 Å². The summed E-state index contributed by atoms with van der Waals surface area (Å²) in [7, 11) is 0. The molecule has 6 rings (SSSR count). The zero-order valence-electron chi connectivity index (χ0n) is 32.9. The highest BCUT2D eigenvalue weighted by molar-refractivity contribution is 5.52. The van der Waals surface area contributed by atoms with Crippen LogP contribution in [-0.4, -0.2) is 110 Å². The number of hydrogen-bond acceptors (Lipinski definition) is 12. The Balaban J connectivity index is 0.000000172. The molecule has 6 heterocycles. The second-order valence-electron chi connectivity index (χ2n) is 16.5. The van der Waals surface area contributed by atoms with Gasteiger partial charge >= 0.3 is 0 Å². The van der Waals surface area contributed by atoms with E-state index in [1.165, 1.54) is 17.1 Å². The monoisotopic (exact) mass is 703 g/mol. The van der Waals surface area contributed by atoms with E-state index in [1.807, 2.05) is 18.6 Å². The van der Waals surface area contributed by atoms with Crippen molar-refractivity contribution >= 4 is 34.5 Å². The van der Waals surface area contributed by atoms with Crippen molar-refractivity contribution in [2.24, 2.45) is 0 Å². The van der Waals surface area contributed by atoms with E-state index in [1.54, 1.807) is 0 Å². The highest BCUT2D eigenvalue weighted by Gasteiger charge is 2.15. The average Bonchev–Trinajstić information content (AvgIpc) is 3.09. The zero-order valence-corrected chi connectivity index (χ0v) is 32.9. The van der Waals surface area contributed by atoms with Crippen LogP contribution in [0.25, 0.3) is 0 Å². The van der Waals surface area contributed by atoms with E-state index in [9.17, 15) is 0 Å². The molecule has 0 spiro atoms. The van der Waals surface area contributed by atoms with Crippen LogP contribution >= 0.6 is 0 Å². The van der Waals surface area contributed by atoms with Gasteiger partial charge in [-0.3, -0.25) is 0 Å². The maximum absolute atomic E-state index is 4.47. The van der Waals surface area contributed by atoms with E-state index in [-0.39, 0.29) is 16.6 Å². The molecule has 3 fully saturated rings. The molecule has 3 aromatic heterocycles. The van der Waals surface area contributed by atoms with Crippen LogP contribution in [0, 0.1) is 0 Å². The van der Waals surface area contributed by atoms with Crippen molar-refractivity contribution in [3.8, 4) is 0 Å². The number of hydrogen-bond donors (Lipinski definition) is 6. The number of nitrogens with zero attached hydrogens (tertiary/aromatic N) is 6. The van der Waals surface area contributed by atoms with Gasteiger partial charge in [-0.15, -0.1) is 0 Å². The Labute approximate surface area is 308 Å². The van der Waals surface area contributed by atoms with Gasteiger partial charge in [0, 0.05) is 95.2 Å². The molecule has 282 valence electrons. The van der Waals surface area contributed by atoms with Crippen LogP contribution in [0.2, 0.25) is 0 Å². The summed E-state index contributed by atoms with van der Waals surface area (Å²) in [5.41, 5.74) is 3.82.